The predicted molar refractivity (Wildman–Crippen MR) is 48.4 cm³/mol. The van der Waals surface area contributed by atoms with Crippen LogP contribution >= 0.6 is 0 Å². The van der Waals surface area contributed by atoms with Crippen LogP contribution in [0.2, 0.25) is 0 Å². The zero-order valence-electron chi connectivity index (χ0n) is 6.89. The molecule has 0 aromatic heterocycles. The smallest absolute Gasteiger partial charge is 0.123 e. The first kappa shape index (κ1) is 8.76. The average Bonchev–Trinajstić information content (AvgIpc) is 2.09. The molecule has 0 fully saturated rings. The van der Waals surface area contributed by atoms with Crippen LogP contribution in [0.4, 0.5) is 4.39 Å². The van der Waals surface area contributed by atoms with Gasteiger partial charge >= 0.3 is 0 Å². The zero-order chi connectivity index (χ0) is 8.81. The summed E-state index contributed by atoms with van der Waals surface area (Å²) in [5.74, 6) is -0.182. The highest BCUT2D eigenvalue weighted by atomic mass is 19.1. The Morgan fingerprint density at radius 3 is 2.58 bits per heavy atom. The summed E-state index contributed by atoms with van der Waals surface area (Å²) < 4.78 is 12.4. The number of hydrogen-bond acceptors (Lipinski definition) is 0. The van der Waals surface area contributed by atoms with Crippen LogP contribution in [0.5, 0.6) is 0 Å². The number of hydrogen-bond donors (Lipinski definition) is 0. The summed E-state index contributed by atoms with van der Waals surface area (Å²) in [5.41, 5.74) is 3.84. The van der Waals surface area contributed by atoms with Crippen LogP contribution < -0.4 is 0 Å². The summed E-state index contributed by atoms with van der Waals surface area (Å²) in [6.07, 6.45) is 3.71. The Labute approximate surface area is 72.0 Å². The summed E-state index contributed by atoms with van der Waals surface area (Å²) in [6.45, 7) is 3.47. The molecule has 0 bridgehead atoms. The van der Waals surface area contributed by atoms with E-state index in [-0.39, 0.29) is 5.82 Å². The molecule has 1 heteroatoms. The second-order valence-corrected chi connectivity index (χ2v) is 2.57. The van der Waals surface area contributed by atoms with Crippen molar-refractivity contribution in [2.45, 2.75) is 12.8 Å². The maximum atomic E-state index is 12.4. The molecule has 0 atom stereocenters. The molecule has 0 aliphatic heterocycles. The predicted octanol–water partition coefficient (Wildman–Crippen LogP) is 3.10. The van der Waals surface area contributed by atoms with E-state index in [0.29, 0.717) is 0 Å². The number of rotatable bonds is 3. The average molecular weight is 162 g/mol. The van der Waals surface area contributed by atoms with E-state index in [4.69, 9.17) is 0 Å². The van der Waals surface area contributed by atoms with E-state index < -0.39 is 0 Å². The summed E-state index contributed by atoms with van der Waals surface area (Å²) >= 11 is 0. The van der Waals surface area contributed by atoms with Crippen LogP contribution in [-0.4, -0.2) is 0 Å². The Hall–Kier alpha value is -1.33. The lowest BCUT2D eigenvalue weighted by atomic mass is 10.1. The van der Waals surface area contributed by atoms with Gasteiger partial charge in [0.1, 0.15) is 5.82 Å². The van der Waals surface area contributed by atoms with Gasteiger partial charge in [0, 0.05) is 0 Å². The molecule has 1 aromatic carbocycles. The van der Waals surface area contributed by atoms with Gasteiger partial charge in [-0.3, -0.25) is 0 Å². The third-order valence-corrected chi connectivity index (χ3v) is 1.63. The fourth-order valence-electron chi connectivity index (χ4n) is 0.992. The first-order chi connectivity index (χ1) is 5.83. The van der Waals surface area contributed by atoms with Crippen LogP contribution in [0.3, 0.4) is 0 Å². The fraction of sp³-hybridized carbons (Fsp3) is 0.182. The van der Waals surface area contributed by atoms with E-state index in [1.807, 2.05) is 6.08 Å². The largest absolute Gasteiger partial charge is 0.207 e. The van der Waals surface area contributed by atoms with Crippen molar-refractivity contribution < 1.29 is 4.39 Å². The van der Waals surface area contributed by atoms with Crippen molar-refractivity contribution in [3.05, 3.63) is 54.0 Å². The minimum Gasteiger partial charge on any atom is -0.207 e. The zero-order valence-corrected chi connectivity index (χ0v) is 6.89. The van der Waals surface area contributed by atoms with Gasteiger partial charge in [0.2, 0.25) is 0 Å². The Morgan fingerprint density at radius 1 is 1.33 bits per heavy atom. The Kier molecular flexibility index (Phi) is 3.31. The highest BCUT2D eigenvalue weighted by Gasteiger charge is 1.91. The molecule has 0 amide bonds. The molecule has 62 valence electrons. The first-order valence-corrected chi connectivity index (χ1v) is 3.91. The minimum absolute atomic E-state index is 0.182. The van der Waals surface area contributed by atoms with Gasteiger partial charge in [0.05, 0.1) is 0 Å². The maximum absolute atomic E-state index is 12.4. The van der Waals surface area contributed by atoms with Crippen molar-refractivity contribution in [1.82, 2.24) is 0 Å². The third kappa shape index (κ3) is 2.73. The molecule has 12 heavy (non-hydrogen) atoms. The van der Waals surface area contributed by atoms with Crippen molar-refractivity contribution in [2.24, 2.45) is 0 Å². The first-order valence-electron chi connectivity index (χ1n) is 3.91. The molecule has 0 saturated heterocycles. The van der Waals surface area contributed by atoms with E-state index in [0.717, 1.165) is 18.4 Å². The lowest BCUT2D eigenvalue weighted by Crippen LogP contribution is -1.82. The number of aryl methyl sites for hydroxylation is 1. The van der Waals surface area contributed by atoms with Crippen molar-refractivity contribution in [1.29, 1.82) is 0 Å². The Bertz CT molecular complexity index is 278. The second-order valence-electron chi connectivity index (χ2n) is 2.57. The quantitative estimate of drug-likeness (QED) is 0.599. The van der Waals surface area contributed by atoms with Crippen LogP contribution in [0.15, 0.2) is 42.7 Å². The highest BCUT2D eigenvalue weighted by Crippen LogP contribution is 2.05. The summed E-state index contributed by atoms with van der Waals surface area (Å²) in [5, 5.41) is 0. The van der Waals surface area contributed by atoms with Crippen LogP contribution in [0.25, 0.3) is 0 Å². The van der Waals surface area contributed by atoms with Gasteiger partial charge in [0.15, 0.2) is 0 Å². The molecule has 1 aromatic rings. The van der Waals surface area contributed by atoms with Crippen molar-refractivity contribution >= 4 is 0 Å². The molecule has 0 unspecified atom stereocenters. The SMILES string of the molecule is C=C=CCCc1ccc(F)cc1. The standard InChI is InChI=1S/C11H11F/c1-2-3-4-5-10-6-8-11(12)9-7-10/h3,6-9H,1,4-5H2. The molecule has 0 aliphatic carbocycles. The highest BCUT2D eigenvalue weighted by molar-refractivity contribution is 5.16. The van der Waals surface area contributed by atoms with Crippen LogP contribution in [0.1, 0.15) is 12.0 Å². The molecule has 0 heterocycles. The molecule has 0 saturated carbocycles. The van der Waals surface area contributed by atoms with Gasteiger partial charge in [-0.25, -0.2) is 4.39 Å². The van der Waals surface area contributed by atoms with Gasteiger partial charge in [-0.2, -0.15) is 0 Å². The Balaban J connectivity index is 2.53. The molecule has 1 rings (SSSR count). The van der Waals surface area contributed by atoms with E-state index in [2.05, 4.69) is 12.3 Å². The van der Waals surface area contributed by atoms with Gasteiger partial charge in [0.25, 0.3) is 0 Å². The lowest BCUT2D eigenvalue weighted by molar-refractivity contribution is 0.627. The summed E-state index contributed by atoms with van der Waals surface area (Å²) in [7, 11) is 0. The second kappa shape index (κ2) is 4.53. The molecule has 0 N–H and O–H groups in total. The van der Waals surface area contributed by atoms with Crippen molar-refractivity contribution in [2.75, 3.05) is 0 Å². The topological polar surface area (TPSA) is 0 Å². The van der Waals surface area contributed by atoms with Crippen molar-refractivity contribution in [3.63, 3.8) is 0 Å². The lowest BCUT2D eigenvalue weighted by Gasteiger charge is -1.96. The van der Waals surface area contributed by atoms with Gasteiger partial charge < -0.3 is 0 Å². The molecule has 0 nitrogen and oxygen atoms in total. The molecular formula is C11H11F. The maximum Gasteiger partial charge on any atom is 0.123 e. The molecule has 0 radical (unpaired) electrons. The molecule has 0 aliphatic rings. The Morgan fingerprint density at radius 2 is 2.00 bits per heavy atom. The molecular weight excluding hydrogens is 151 g/mol. The minimum atomic E-state index is -0.182. The van der Waals surface area contributed by atoms with E-state index in [9.17, 15) is 4.39 Å². The summed E-state index contributed by atoms with van der Waals surface area (Å²) in [4.78, 5) is 0. The summed E-state index contributed by atoms with van der Waals surface area (Å²) in [6, 6.07) is 6.55. The van der Waals surface area contributed by atoms with Gasteiger partial charge in [-0.05, 0) is 36.6 Å². The van der Waals surface area contributed by atoms with Crippen LogP contribution in [0, 0.1) is 5.82 Å². The van der Waals surface area contributed by atoms with Crippen molar-refractivity contribution in [3.8, 4) is 0 Å². The fourth-order valence-corrected chi connectivity index (χ4v) is 0.992. The number of halogens is 1. The number of benzene rings is 1. The number of allylic oxidation sites excluding steroid dienone is 1. The van der Waals surface area contributed by atoms with Gasteiger partial charge in [-0.15, -0.1) is 5.73 Å². The third-order valence-electron chi connectivity index (χ3n) is 1.63. The monoisotopic (exact) mass is 162 g/mol. The van der Waals surface area contributed by atoms with Gasteiger partial charge in [-0.1, -0.05) is 18.7 Å². The van der Waals surface area contributed by atoms with E-state index in [1.165, 1.54) is 12.1 Å². The van der Waals surface area contributed by atoms with E-state index in [1.54, 1.807) is 12.1 Å². The normalized spacial score (nSPS) is 9.08. The molecule has 0 spiro atoms. The van der Waals surface area contributed by atoms with E-state index >= 15 is 0 Å². The van der Waals surface area contributed by atoms with Crippen LogP contribution in [-0.2, 0) is 6.42 Å².